The molecule has 4 rings (SSSR count). The molecule has 1 atom stereocenters. The Balaban J connectivity index is 1.71. The summed E-state index contributed by atoms with van der Waals surface area (Å²) in [4.78, 5) is 19.8. The van der Waals surface area contributed by atoms with Crippen LogP contribution in [0.3, 0.4) is 0 Å². The highest BCUT2D eigenvalue weighted by Gasteiger charge is 2.23. The van der Waals surface area contributed by atoms with E-state index in [0.717, 1.165) is 48.9 Å². The zero-order chi connectivity index (χ0) is 17.4. The van der Waals surface area contributed by atoms with Crippen molar-refractivity contribution in [1.82, 2.24) is 29.8 Å². The lowest BCUT2D eigenvalue weighted by Crippen LogP contribution is -2.24. The van der Waals surface area contributed by atoms with Gasteiger partial charge in [0.2, 0.25) is 0 Å². The second-order valence-corrected chi connectivity index (χ2v) is 7.96. The summed E-state index contributed by atoms with van der Waals surface area (Å²) in [6, 6.07) is 0. The Morgan fingerprint density at radius 1 is 1.40 bits per heavy atom. The number of rotatable bonds is 5. The Morgan fingerprint density at radius 3 is 3.12 bits per heavy atom. The first kappa shape index (κ1) is 16.4. The highest BCUT2D eigenvalue weighted by atomic mass is 32.1. The van der Waals surface area contributed by atoms with E-state index in [-0.39, 0.29) is 5.56 Å². The fourth-order valence-electron chi connectivity index (χ4n) is 3.45. The molecule has 0 aliphatic heterocycles. The first-order chi connectivity index (χ1) is 12.2. The van der Waals surface area contributed by atoms with Crippen LogP contribution in [-0.4, -0.2) is 29.8 Å². The molecule has 3 aromatic heterocycles. The van der Waals surface area contributed by atoms with Crippen LogP contribution in [0.4, 0.5) is 0 Å². The van der Waals surface area contributed by atoms with Gasteiger partial charge >= 0.3 is 0 Å². The number of nitrogens with zero attached hydrogens (tertiary/aromatic N) is 6. The van der Waals surface area contributed by atoms with Gasteiger partial charge in [-0.15, -0.1) is 16.4 Å². The van der Waals surface area contributed by atoms with Gasteiger partial charge in [0.15, 0.2) is 5.82 Å². The first-order valence-electron chi connectivity index (χ1n) is 8.92. The Morgan fingerprint density at radius 2 is 2.28 bits per heavy atom. The zero-order valence-corrected chi connectivity index (χ0v) is 15.4. The third-order valence-electron chi connectivity index (χ3n) is 4.92. The van der Waals surface area contributed by atoms with Crippen LogP contribution in [0.25, 0.3) is 10.2 Å². The molecule has 0 N–H and O–H groups in total. The van der Waals surface area contributed by atoms with Gasteiger partial charge in [0, 0.05) is 11.4 Å². The molecule has 7 nitrogen and oxygen atoms in total. The maximum absolute atomic E-state index is 13.0. The summed E-state index contributed by atoms with van der Waals surface area (Å²) in [5.41, 5.74) is 1.25. The molecular weight excluding hydrogens is 336 g/mol. The number of aryl methyl sites for hydroxylation is 2. The van der Waals surface area contributed by atoms with E-state index in [1.54, 1.807) is 26.9 Å². The van der Waals surface area contributed by atoms with Crippen LogP contribution < -0.4 is 5.56 Å². The summed E-state index contributed by atoms with van der Waals surface area (Å²) in [5, 5.41) is 12.7. The fraction of sp³-hybridized carbons (Fsp3) is 0.588. The zero-order valence-electron chi connectivity index (χ0n) is 14.6. The van der Waals surface area contributed by atoms with E-state index >= 15 is 0 Å². The minimum atomic E-state index is 0.0297. The number of tetrazole rings is 1. The molecule has 0 fully saturated rings. The number of unbranched alkanes of at least 4 members (excludes halogenated alkanes) is 1. The van der Waals surface area contributed by atoms with Crippen LogP contribution in [0.1, 0.15) is 49.4 Å². The van der Waals surface area contributed by atoms with Gasteiger partial charge in [-0.25, -0.2) is 9.67 Å². The normalized spacial score (nSPS) is 17.1. The van der Waals surface area contributed by atoms with Crippen molar-refractivity contribution in [3.8, 4) is 0 Å². The minimum absolute atomic E-state index is 0.0297. The molecule has 0 aromatic carbocycles. The Hall–Kier alpha value is -2.09. The largest absolute Gasteiger partial charge is 0.291 e. The molecule has 3 aromatic rings. The maximum Gasteiger partial charge on any atom is 0.262 e. The van der Waals surface area contributed by atoms with Crippen molar-refractivity contribution in [2.24, 2.45) is 5.92 Å². The topological polar surface area (TPSA) is 78.5 Å². The summed E-state index contributed by atoms with van der Waals surface area (Å²) < 4.78 is 3.42. The third kappa shape index (κ3) is 2.99. The van der Waals surface area contributed by atoms with Crippen LogP contribution in [0.15, 0.2) is 11.1 Å². The van der Waals surface area contributed by atoms with Crippen LogP contribution in [0.5, 0.6) is 0 Å². The van der Waals surface area contributed by atoms with Gasteiger partial charge in [-0.05, 0) is 47.6 Å². The Bertz CT molecular complexity index is 956. The van der Waals surface area contributed by atoms with Gasteiger partial charge in [-0.1, -0.05) is 20.3 Å². The molecule has 0 radical (unpaired) electrons. The second kappa shape index (κ2) is 6.67. The smallest absolute Gasteiger partial charge is 0.262 e. The summed E-state index contributed by atoms with van der Waals surface area (Å²) in [7, 11) is 0. The van der Waals surface area contributed by atoms with Gasteiger partial charge in [-0.3, -0.25) is 9.36 Å². The number of hydrogen-bond acceptors (Lipinski definition) is 6. The molecule has 25 heavy (non-hydrogen) atoms. The molecule has 0 amide bonds. The van der Waals surface area contributed by atoms with Crippen molar-refractivity contribution >= 4 is 21.6 Å². The lowest BCUT2D eigenvalue weighted by molar-refractivity contribution is 0.508. The Labute approximate surface area is 149 Å². The predicted molar refractivity (Wildman–Crippen MR) is 96.9 cm³/mol. The average Bonchev–Trinajstić information content (AvgIpc) is 3.19. The molecule has 8 heteroatoms. The lowest BCUT2D eigenvalue weighted by atomic mass is 9.89. The molecule has 1 aliphatic rings. The Kier molecular flexibility index (Phi) is 4.37. The highest BCUT2D eigenvalue weighted by molar-refractivity contribution is 7.18. The van der Waals surface area contributed by atoms with Gasteiger partial charge in [0.25, 0.3) is 5.56 Å². The molecule has 0 spiro atoms. The molecule has 0 bridgehead atoms. The van der Waals surface area contributed by atoms with E-state index in [9.17, 15) is 4.79 Å². The van der Waals surface area contributed by atoms with Crippen LogP contribution in [0, 0.1) is 5.92 Å². The van der Waals surface area contributed by atoms with Crippen molar-refractivity contribution in [3.63, 3.8) is 0 Å². The SMILES string of the molecule is CCCCn1nnnc1Cn1cnc2sc3c(c2c1=O)CC[C@@H](C)C3. The van der Waals surface area contributed by atoms with Gasteiger partial charge in [0.1, 0.15) is 4.83 Å². The summed E-state index contributed by atoms with van der Waals surface area (Å²) >= 11 is 1.68. The summed E-state index contributed by atoms with van der Waals surface area (Å²) in [6.45, 7) is 5.54. The van der Waals surface area contributed by atoms with Crippen LogP contribution in [0.2, 0.25) is 0 Å². The second-order valence-electron chi connectivity index (χ2n) is 6.88. The monoisotopic (exact) mass is 358 g/mol. The third-order valence-corrected chi connectivity index (χ3v) is 6.09. The van der Waals surface area contributed by atoms with E-state index in [2.05, 4.69) is 34.4 Å². The van der Waals surface area contributed by atoms with Gasteiger partial charge < -0.3 is 0 Å². The predicted octanol–water partition coefficient (Wildman–Crippen LogP) is 2.42. The molecule has 1 aliphatic carbocycles. The molecule has 3 heterocycles. The average molecular weight is 358 g/mol. The van der Waals surface area contributed by atoms with Crippen molar-refractivity contribution in [1.29, 1.82) is 0 Å². The van der Waals surface area contributed by atoms with E-state index in [4.69, 9.17) is 0 Å². The quantitative estimate of drug-likeness (QED) is 0.700. The number of hydrogen-bond donors (Lipinski definition) is 0. The fourth-order valence-corrected chi connectivity index (χ4v) is 4.79. The number of aromatic nitrogens is 6. The van der Waals surface area contributed by atoms with Crippen molar-refractivity contribution in [3.05, 3.63) is 32.9 Å². The molecule has 132 valence electrons. The van der Waals surface area contributed by atoms with Crippen molar-refractivity contribution < 1.29 is 0 Å². The van der Waals surface area contributed by atoms with E-state index in [1.807, 2.05) is 0 Å². The highest BCUT2D eigenvalue weighted by Crippen LogP contribution is 2.35. The summed E-state index contributed by atoms with van der Waals surface area (Å²) in [6.07, 6.45) is 6.90. The van der Waals surface area contributed by atoms with E-state index < -0.39 is 0 Å². The minimum Gasteiger partial charge on any atom is -0.291 e. The van der Waals surface area contributed by atoms with Crippen molar-refractivity contribution in [2.45, 2.75) is 59.0 Å². The van der Waals surface area contributed by atoms with Gasteiger partial charge in [0.05, 0.1) is 18.3 Å². The maximum atomic E-state index is 13.0. The molecule has 0 saturated carbocycles. The molecule has 0 saturated heterocycles. The standard InChI is InChI=1S/C17H22N6OS/c1-3-4-7-23-14(19-20-21-23)9-22-10-18-16-15(17(22)24)12-6-5-11(2)8-13(12)25-16/h10-11H,3-9H2,1-2H3/t11-/m1/s1. The molecular formula is C17H22N6OS. The number of thiophene rings is 1. The van der Waals surface area contributed by atoms with Gasteiger partial charge in [-0.2, -0.15) is 0 Å². The summed E-state index contributed by atoms with van der Waals surface area (Å²) in [5.74, 6) is 1.39. The lowest BCUT2D eigenvalue weighted by Gasteiger charge is -2.17. The molecule has 0 unspecified atom stereocenters. The first-order valence-corrected chi connectivity index (χ1v) is 9.73. The number of fused-ring (bicyclic) bond motifs is 3. The van der Waals surface area contributed by atoms with E-state index in [1.165, 1.54) is 10.4 Å². The van der Waals surface area contributed by atoms with Crippen LogP contribution >= 0.6 is 11.3 Å². The van der Waals surface area contributed by atoms with Crippen molar-refractivity contribution in [2.75, 3.05) is 0 Å². The van der Waals surface area contributed by atoms with E-state index in [0.29, 0.717) is 18.3 Å². The van der Waals surface area contributed by atoms with Crippen LogP contribution in [-0.2, 0) is 25.9 Å².